The molecule has 0 bridgehead atoms. The molecule has 0 atom stereocenters. The molecule has 1 aromatic carbocycles. The number of hydrogen-bond donors (Lipinski definition) is 1. The predicted octanol–water partition coefficient (Wildman–Crippen LogP) is 3.08. The highest BCUT2D eigenvalue weighted by molar-refractivity contribution is 5.73. The van der Waals surface area contributed by atoms with Crippen LogP contribution in [0.2, 0.25) is 0 Å². The first-order chi connectivity index (χ1) is 10.4. The predicted molar refractivity (Wildman–Crippen MR) is 80.4 cm³/mol. The molecule has 0 saturated carbocycles. The summed E-state index contributed by atoms with van der Waals surface area (Å²) >= 11 is 0. The number of imidazole rings is 1. The molecule has 0 radical (unpaired) electrons. The third-order valence-corrected chi connectivity index (χ3v) is 3.31. The van der Waals surface area contributed by atoms with Crippen LogP contribution in [0.4, 0.5) is 0 Å². The first-order valence-corrected chi connectivity index (χ1v) is 6.57. The average molecular weight is 273 g/mol. The summed E-state index contributed by atoms with van der Waals surface area (Å²) < 4.78 is 0. The molecule has 4 rings (SSSR count). The molecule has 5 heteroatoms. The van der Waals surface area contributed by atoms with Gasteiger partial charge in [0.05, 0.1) is 12.5 Å². The summed E-state index contributed by atoms with van der Waals surface area (Å²) in [6.07, 6.45) is 6.99. The summed E-state index contributed by atoms with van der Waals surface area (Å²) in [4.78, 5) is 20.1. The van der Waals surface area contributed by atoms with Gasteiger partial charge in [0, 0.05) is 18.0 Å². The maximum atomic E-state index is 4.44. The molecular formula is C16H11N5. The van der Waals surface area contributed by atoms with E-state index < -0.39 is 0 Å². The summed E-state index contributed by atoms with van der Waals surface area (Å²) in [6.45, 7) is 0. The van der Waals surface area contributed by atoms with Gasteiger partial charge in [0.15, 0.2) is 11.5 Å². The number of rotatable bonds is 2. The van der Waals surface area contributed by atoms with Crippen LogP contribution >= 0.6 is 0 Å². The minimum Gasteiger partial charge on any atom is -0.342 e. The molecule has 4 aromatic rings. The SMILES string of the molecule is c1cncc(-c2ccc(-c3ncc4[nH]cnc4n3)cc2)c1. The maximum absolute atomic E-state index is 4.44. The summed E-state index contributed by atoms with van der Waals surface area (Å²) in [5.74, 6) is 0.673. The van der Waals surface area contributed by atoms with Crippen molar-refractivity contribution in [3.05, 3.63) is 61.3 Å². The zero-order valence-corrected chi connectivity index (χ0v) is 11.1. The van der Waals surface area contributed by atoms with E-state index in [1.165, 1.54) is 0 Å². The fourth-order valence-electron chi connectivity index (χ4n) is 2.22. The van der Waals surface area contributed by atoms with Crippen molar-refractivity contribution in [2.24, 2.45) is 0 Å². The summed E-state index contributed by atoms with van der Waals surface area (Å²) in [7, 11) is 0. The van der Waals surface area contributed by atoms with Crippen molar-refractivity contribution in [3.63, 3.8) is 0 Å². The van der Waals surface area contributed by atoms with Crippen molar-refractivity contribution in [2.45, 2.75) is 0 Å². The van der Waals surface area contributed by atoms with E-state index in [4.69, 9.17) is 0 Å². The Balaban J connectivity index is 1.72. The van der Waals surface area contributed by atoms with E-state index in [0.717, 1.165) is 22.2 Å². The summed E-state index contributed by atoms with van der Waals surface area (Å²) in [6, 6.07) is 12.1. The van der Waals surface area contributed by atoms with Crippen LogP contribution in [0.25, 0.3) is 33.7 Å². The first kappa shape index (κ1) is 11.7. The Kier molecular flexibility index (Phi) is 2.67. The zero-order chi connectivity index (χ0) is 14.1. The van der Waals surface area contributed by atoms with Gasteiger partial charge in [-0.25, -0.2) is 15.0 Å². The lowest BCUT2D eigenvalue weighted by molar-refractivity contribution is 1.21. The Morgan fingerprint density at radius 2 is 1.67 bits per heavy atom. The number of aromatic amines is 1. The van der Waals surface area contributed by atoms with Gasteiger partial charge in [0.25, 0.3) is 0 Å². The maximum Gasteiger partial charge on any atom is 0.181 e. The zero-order valence-electron chi connectivity index (χ0n) is 11.1. The normalized spacial score (nSPS) is 10.9. The second kappa shape index (κ2) is 4.79. The number of nitrogens with zero attached hydrogens (tertiary/aromatic N) is 4. The molecule has 5 nitrogen and oxygen atoms in total. The lowest BCUT2D eigenvalue weighted by Gasteiger charge is -2.03. The van der Waals surface area contributed by atoms with E-state index in [-0.39, 0.29) is 0 Å². The monoisotopic (exact) mass is 273 g/mol. The van der Waals surface area contributed by atoms with Gasteiger partial charge in [-0.15, -0.1) is 0 Å². The summed E-state index contributed by atoms with van der Waals surface area (Å²) in [5, 5.41) is 0. The lowest BCUT2D eigenvalue weighted by atomic mass is 10.1. The van der Waals surface area contributed by atoms with Gasteiger partial charge >= 0.3 is 0 Å². The van der Waals surface area contributed by atoms with Crippen LogP contribution in [0, 0.1) is 0 Å². The number of fused-ring (bicyclic) bond motifs is 1. The van der Waals surface area contributed by atoms with Gasteiger partial charge in [-0.2, -0.15) is 0 Å². The third-order valence-electron chi connectivity index (χ3n) is 3.31. The van der Waals surface area contributed by atoms with Crippen molar-refractivity contribution in [1.82, 2.24) is 24.9 Å². The third kappa shape index (κ3) is 2.14. The van der Waals surface area contributed by atoms with Crippen LogP contribution in [0.15, 0.2) is 61.3 Å². The van der Waals surface area contributed by atoms with E-state index in [0.29, 0.717) is 11.5 Å². The van der Waals surface area contributed by atoms with Gasteiger partial charge in [-0.05, 0) is 17.2 Å². The number of nitrogens with one attached hydrogen (secondary N) is 1. The second-order valence-corrected chi connectivity index (χ2v) is 4.65. The number of hydrogen-bond acceptors (Lipinski definition) is 4. The van der Waals surface area contributed by atoms with E-state index in [2.05, 4.69) is 24.9 Å². The Morgan fingerprint density at radius 3 is 2.48 bits per heavy atom. The molecule has 3 aromatic heterocycles. The van der Waals surface area contributed by atoms with Crippen LogP contribution < -0.4 is 0 Å². The Bertz CT molecular complexity index is 881. The fraction of sp³-hybridized carbons (Fsp3) is 0. The smallest absolute Gasteiger partial charge is 0.181 e. The molecule has 0 spiro atoms. The number of H-pyrrole nitrogens is 1. The van der Waals surface area contributed by atoms with E-state index >= 15 is 0 Å². The van der Waals surface area contributed by atoms with Crippen molar-refractivity contribution in [2.75, 3.05) is 0 Å². The van der Waals surface area contributed by atoms with Gasteiger partial charge < -0.3 is 4.98 Å². The van der Waals surface area contributed by atoms with Crippen LogP contribution in [-0.2, 0) is 0 Å². The molecule has 1 N–H and O–H groups in total. The molecule has 100 valence electrons. The fourth-order valence-corrected chi connectivity index (χ4v) is 2.22. The van der Waals surface area contributed by atoms with Crippen molar-refractivity contribution in [1.29, 1.82) is 0 Å². The van der Waals surface area contributed by atoms with Gasteiger partial charge in [-0.1, -0.05) is 30.3 Å². The van der Waals surface area contributed by atoms with Gasteiger partial charge in [-0.3, -0.25) is 4.98 Å². The molecule has 3 heterocycles. The quantitative estimate of drug-likeness (QED) is 0.609. The molecule has 0 fully saturated rings. The van der Waals surface area contributed by atoms with E-state index in [1.807, 2.05) is 42.6 Å². The molecule has 0 unspecified atom stereocenters. The Hall–Kier alpha value is -3.08. The largest absolute Gasteiger partial charge is 0.342 e. The van der Waals surface area contributed by atoms with Crippen LogP contribution in [0.5, 0.6) is 0 Å². The van der Waals surface area contributed by atoms with Crippen molar-refractivity contribution >= 4 is 11.2 Å². The van der Waals surface area contributed by atoms with Gasteiger partial charge in [0.2, 0.25) is 0 Å². The average Bonchev–Trinajstić information content (AvgIpc) is 3.03. The molecule has 0 aliphatic carbocycles. The second-order valence-electron chi connectivity index (χ2n) is 4.65. The molecule has 0 saturated heterocycles. The van der Waals surface area contributed by atoms with Crippen LogP contribution in [0.3, 0.4) is 0 Å². The number of pyridine rings is 1. The van der Waals surface area contributed by atoms with Crippen LogP contribution in [0.1, 0.15) is 0 Å². The highest BCUT2D eigenvalue weighted by Gasteiger charge is 2.05. The Labute approximate surface area is 120 Å². The van der Waals surface area contributed by atoms with Crippen LogP contribution in [-0.4, -0.2) is 24.9 Å². The number of benzene rings is 1. The molecule has 0 aliphatic heterocycles. The van der Waals surface area contributed by atoms with Gasteiger partial charge in [0.1, 0.15) is 5.52 Å². The van der Waals surface area contributed by atoms with E-state index in [9.17, 15) is 0 Å². The molecule has 0 amide bonds. The molecular weight excluding hydrogens is 262 g/mol. The van der Waals surface area contributed by atoms with Crippen molar-refractivity contribution < 1.29 is 0 Å². The topological polar surface area (TPSA) is 67.3 Å². The standard InChI is InChI=1S/C16H11N5/c1-2-13(8-17-7-1)11-3-5-12(6-4-11)15-18-9-14-16(21-15)20-10-19-14/h1-10H,(H,18,19,20,21). The molecule has 21 heavy (non-hydrogen) atoms. The highest BCUT2D eigenvalue weighted by atomic mass is 15.0. The lowest BCUT2D eigenvalue weighted by Crippen LogP contribution is -1.89. The Morgan fingerprint density at radius 1 is 0.810 bits per heavy atom. The van der Waals surface area contributed by atoms with Crippen molar-refractivity contribution in [3.8, 4) is 22.5 Å². The highest BCUT2D eigenvalue weighted by Crippen LogP contribution is 2.22. The van der Waals surface area contributed by atoms with E-state index in [1.54, 1.807) is 18.7 Å². The summed E-state index contributed by atoms with van der Waals surface area (Å²) in [5.41, 5.74) is 4.69. The molecule has 0 aliphatic rings. The minimum atomic E-state index is 0.673. The number of aromatic nitrogens is 5. The first-order valence-electron chi connectivity index (χ1n) is 6.57. The minimum absolute atomic E-state index is 0.673.